The van der Waals surface area contributed by atoms with E-state index in [1.807, 2.05) is 24.3 Å². The third-order valence-electron chi connectivity index (χ3n) is 8.15. The van der Waals surface area contributed by atoms with E-state index in [4.69, 9.17) is 23.7 Å². The smallest absolute Gasteiger partial charge is 0.119 e. The third kappa shape index (κ3) is 15.0. The first-order valence-corrected chi connectivity index (χ1v) is 16.7. The fraction of sp³-hybridized carbons (Fsp3) is 0.833. The van der Waals surface area contributed by atoms with Crippen LogP contribution < -0.4 is 20.1 Å². The Labute approximate surface area is 263 Å². The topological polar surface area (TPSA) is 70.2 Å². The monoisotopic (exact) mass is 604 g/mol. The van der Waals surface area contributed by atoms with Crippen LogP contribution in [0.15, 0.2) is 24.3 Å². The van der Waals surface area contributed by atoms with Gasteiger partial charge in [0.15, 0.2) is 0 Å². The number of nitrogens with one attached hydrogen (secondary N) is 2. The largest absolute Gasteiger partial charge is 0.493 e. The van der Waals surface area contributed by atoms with Crippen molar-refractivity contribution in [2.75, 3.05) is 39.6 Å². The van der Waals surface area contributed by atoms with E-state index in [9.17, 15) is 0 Å². The molecule has 0 radical (unpaired) electrons. The molecular weight excluding hydrogens is 540 g/mol. The van der Waals surface area contributed by atoms with Gasteiger partial charge in [-0.1, -0.05) is 34.6 Å². The highest BCUT2D eigenvalue weighted by molar-refractivity contribution is 5.31. The molecule has 0 saturated heterocycles. The summed E-state index contributed by atoms with van der Waals surface area (Å²) in [6.45, 7) is 26.7. The van der Waals surface area contributed by atoms with Crippen molar-refractivity contribution in [2.24, 2.45) is 10.8 Å². The molecule has 7 nitrogen and oxygen atoms in total. The summed E-state index contributed by atoms with van der Waals surface area (Å²) in [4.78, 5) is 0. The minimum atomic E-state index is 0.0771. The Morgan fingerprint density at radius 2 is 1.28 bits per heavy atom. The highest BCUT2D eigenvalue weighted by atomic mass is 16.5. The van der Waals surface area contributed by atoms with Crippen LogP contribution in [0.2, 0.25) is 0 Å². The van der Waals surface area contributed by atoms with Gasteiger partial charge in [-0.3, -0.25) is 0 Å². The second-order valence-electron chi connectivity index (χ2n) is 16.6. The quantitative estimate of drug-likeness (QED) is 0.162. The predicted octanol–water partition coefficient (Wildman–Crippen LogP) is 7.16. The molecule has 248 valence electrons. The van der Waals surface area contributed by atoms with Crippen LogP contribution in [0.5, 0.6) is 11.5 Å². The lowest BCUT2D eigenvalue weighted by Crippen LogP contribution is -2.54. The Balaban J connectivity index is 1.20. The first-order chi connectivity index (χ1) is 20.0. The van der Waals surface area contributed by atoms with E-state index in [-0.39, 0.29) is 28.0 Å². The molecule has 0 amide bonds. The molecule has 2 aliphatic rings. The first kappa shape index (κ1) is 36.1. The van der Waals surface area contributed by atoms with E-state index in [0.717, 1.165) is 69.8 Å². The molecule has 0 heterocycles. The normalized spacial score (nSPS) is 23.0. The molecular formula is C36H64N2O5. The van der Waals surface area contributed by atoms with Gasteiger partial charge in [0.25, 0.3) is 0 Å². The van der Waals surface area contributed by atoms with Crippen LogP contribution in [-0.4, -0.2) is 75.0 Å². The van der Waals surface area contributed by atoms with Crippen molar-refractivity contribution in [1.82, 2.24) is 10.6 Å². The summed E-state index contributed by atoms with van der Waals surface area (Å²) in [5, 5.41) is 7.33. The van der Waals surface area contributed by atoms with Crippen molar-refractivity contribution in [3.05, 3.63) is 24.3 Å². The van der Waals surface area contributed by atoms with Crippen LogP contribution in [0.1, 0.15) is 108 Å². The van der Waals surface area contributed by atoms with Crippen molar-refractivity contribution in [3.8, 4) is 11.5 Å². The number of hydrogen-bond donors (Lipinski definition) is 2. The molecule has 0 atom stereocenters. The maximum atomic E-state index is 6.20. The average Bonchev–Trinajstić information content (AvgIpc) is 2.84. The lowest BCUT2D eigenvalue weighted by atomic mass is 9.81. The van der Waals surface area contributed by atoms with Crippen molar-refractivity contribution >= 4 is 0 Å². The number of rotatable bonds is 19. The average molecular weight is 605 g/mol. The molecule has 0 aromatic heterocycles. The zero-order valence-electron chi connectivity index (χ0n) is 29.1. The number of benzene rings is 1. The van der Waals surface area contributed by atoms with Crippen molar-refractivity contribution in [2.45, 2.75) is 143 Å². The van der Waals surface area contributed by atoms with Crippen LogP contribution in [0.4, 0.5) is 0 Å². The summed E-state index contributed by atoms with van der Waals surface area (Å²) in [5.74, 6) is 1.82. The SMILES string of the molecule is CC(C)(C)COc1ccc(O[C@H]2C[C@@H](NC(C)(C)CCC(C)(C)COCCO[C@H]3C[C@H](OCCNC(C)(C)C)C3)C2)cc1. The van der Waals surface area contributed by atoms with Crippen LogP contribution in [0, 0.1) is 10.8 Å². The van der Waals surface area contributed by atoms with Crippen LogP contribution >= 0.6 is 0 Å². The van der Waals surface area contributed by atoms with Gasteiger partial charge in [0, 0.05) is 23.7 Å². The zero-order valence-corrected chi connectivity index (χ0v) is 29.1. The standard InChI is InChI=1S/C36H64N2O5/c1-33(2,3)25-42-28-11-13-29(14-12-28)43-32-21-27(22-32)38-36(9,10)16-15-35(7,8)26-39-19-20-41-31-23-30(24-31)40-18-17-37-34(4,5)6/h11-14,27,30-32,37-38H,15-26H2,1-10H3/t27-,30-,31-,32+. The Hall–Kier alpha value is -1.38. The van der Waals surface area contributed by atoms with E-state index in [2.05, 4.69) is 79.9 Å². The lowest BCUT2D eigenvalue weighted by Gasteiger charge is -2.42. The predicted molar refractivity (Wildman–Crippen MR) is 176 cm³/mol. The minimum absolute atomic E-state index is 0.0771. The van der Waals surface area contributed by atoms with E-state index >= 15 is 0 Å². The van der Waals surface area contributed by atoms with Gasteiger partial charge in [-0.15, -0.1) is 0 Å². The second kappa shape index (κ2) is 15.8. The molecule has 0 bridgehead atoms. The second-order valence-corrected chi connectivity index (χ2v) is 16.6. The molecule has 43 heavy (non-hydrogen) atoms. The number of hydrogen-bond acceptors (Lipinski definition) is 7. The van der Waals surface area contributed by atoms with E-state index in [0.29, 0.717) is 38.1 Å². The van der Waals surface area contributed by atoms with Crippen LogP contribution in [0.3, 0.4) is 0 Å². The third-order valence-corrected chi connectivity index (χ3v) is 8.15. The van der Waals surface area contributed by atoms with Gasteiger partial charge in [-0.25, -0.2) is 0 Å². The van der Waals surface area contributed by atoms with Crippen molar-refractivity contribution in [1.29, 1.82) is 0 Å². The summed E-state index contributed by atoms with van der Waals surface area (Å²) >= 11 is 0. The summed E-state index contributed by atoms with van der Waals surface area (Å²) in [6, 6.07) is 8.55. The Morgan fingerprint density at radius 3 is 1.88 bits per heavy atom. The molecule has 2 N–H and O–H groups in total. The Bertz CT molecular complexity index is 922. The summed E-state index contributed by atoms with van der Waals surface area (Å²) in [7, 11) is 0. The molecule has 0 unspecified atom stereocenters. The van der Waals surface area contributed by atoms with Gasteiger partial charge in [0.1, 0.15) is 17.6 Å². The minimum Gasteiger partial charge on any atom is -0.493 e. The molecule has 0 spiro atoms. The summed E-state index contributed by atoms with van der Waals surface area (Å²) in [6.07, 6.45) is 7.23. The maximum Gasteiger partial charge on any atom is 0.119 e. The molecule has 1 aromatic carbocycles. The van der Waals surface area contributed by atoms with E-state index in [1.165, 1.54) is 0 Å². The van der Waals surface area contributed by atoms with Gasteiger partial charge >= 0.3 is 0 Å². The highest BCUT2D eigenvalue weighted by Crippen LogP contribution is 2.32. The van der Waals surface area contributed by atoms with Gasteiger partial charge in [-0.05, 0) is 108 Å². The maximum absolute atomic E-state index is 6.20. The van der Waals surface area contributed by atoms with Gasteiger partial charge in [0.2, 0.25) is 0 Å². The van der Waals surface area contributed by atoms with Crippen molar-refractivity contribution < 1.29 is 23.7 Å². The van der Waals surface area contributed by atoms with Crippen LogP contribution in [-0.2, 0) is 14.2 Å². The summed E-state index contributed by atoms with van der Waals surface area (Å²) in [5.41, 5.74) is 0.497. The van der Waals surface area contributed by atoms with E-state index < -0.39 is 0 Å². The molecule has 3 rings (SSSR count). The Morgan fingerprint density at radius 1 is 0.674 bits per heavy atom. The molecule has 2 saturated carbocycles. The first-order valence-electron chi connectivity index (χ1n) is 16.7. The fourth-order valence-corrected chi connectivity index (χ4v) is 5.30. The van der Waals surface area contributed by atoms with Gasteiger partial charge < -0.3 is 34.3 Å². The summed E-state index contributed by atoms with van der Waals surface area (Å²) < 4.78 is 30.0. The van der Waals surface area contributed by atoms with Crippen LogP contribution in [0.25, 0.3) is 0 Å². The number of ether oxygens (including phenoxy) is 5. The Kier molecular flexibility index (Phi) is 13.2. The molecule has 2 aliphatic carbocycles. The molecule has 2 fully saturated rings. The van der Waals surface area contributed by atoms with Gasteiger partial charge in [-0.2, -0.15) is 0 Å². The van der Waals surface area contributed by atoms with Crippen molar-refractivity contribution in [3.63, 3.8) is 0 Å². The zero-order chi connectivity index (χ0) is 31.7. The molecule has 7 heteroatoms. The fourth-order valence-electron chi connectivity index (χ4n) is 5.30. The molecule has 0 aliphatic heterocycles. The highest BCUT2D eigenvalue weighted by Gasteiger charge is 2.35. The lowest BCUT2D eigenvalue weighted by molar-refractivity contribution is -0.111. The molecule has 1 aromatic rings. The van der Waals surface area contributed by atoms with Gasteiger partial charge in [0.05, 0.1) is 45.2 Å². The van der Waals surface area contributed by atoms with E-state index in [1.54, 1.807) is 0 Å².